The molecule has 198 valence electrons. The molecule has 8 nitrogen and oxygen atoms in total. The van der Waals surface area contributed by atoms with Gasteiger partial charge in [-0.15, -0.1) is 0 Å². The molecule has 38 heavy (non-hydrogen) atoms. The van der Waals surface area contributed by atoms with E-state index in [1.165, 1.54) is 11.0 Å². The van der Waals surface area contributed by atoms with Gasteiger partial charge in [0.2, 0.25) is 26.6 Å². The fourth-order valence-electron chi connectivity index (χ4n) is 4.34. The van der Waals surface area contributed by atoms with Crippen LogP contribution in [0.5, 0.6) is 5.75 Å². The van der Waals surface area contributed by atoms with Gasteiger partial charge in [0.25, 0.3) is 5.91 Å². The average Bonchev–Trinajstić information content (AvgIpc) is 3.47. The zero-order valence-electron chi connectivity index (χ0n) is 21.0. The SMILES string of the molecule is COc1ccc(CN2C(=O)C(=Cc3nc(S(=O)(=O)c4ccc(C)cc4)c(N4CCCCC4)o3)SC2=S)cc1. The van der Waals surface area contributed by atoms with Gasteiger partial charge in [-0.05, 0) is 56.0 Å². The number of benzene rings is 2. The van der Waals surface area contributed by atoms with Crippen LogP contribution in [0.4, 0.5) is 5.88 Å². The van der Waals surface area contributed by atoms with E-state index < -0.39 is 9.84 Å². The summed E-state index contributed by atoms with van der Waals surface area (Å²) in [6.45, 7) is 3.56. The van der Waals surface area contributed by atoms with Gasteiger partial charge in [-0.2, -0.15) is 4.98 Å². The van der Waals surface area contributed by atoms with Crippen molar-refractivity contribution in [1.29, 1.82) is 0 Å². The van der Waals surface area contributed by atoms with Crippen LogP contribution in [0.3, 0.4) is 0 Å². The van der Waals surface area contributed by atoms with E-state index in [-0.39, 0.29) is 27.6 Å². The number of aromatic nitrogens is 1. The minimum absolute atomic E-state index is 0.0567. The van der Waals surface area contributed by atoms with Gasteiger partial charge in [0.05, 0.1) is 23.5 Å². The maximum absolute atomic E-state index is 13.6. The van der Waals surface area contributed by atoms with Gasteiger partial charge in [-0.25, -0.2) is 8.42 Å². The third-order valence-corrected chi connectivity index (χ3v) is 9.50. The lowest BCUT2D eigenvalue weighted by Gasteiger charge is -2.26. The number of carbonyl (C=O) groups is 1. The lowest BCUT2D eigenvalue weighted by molar-refractivity contribution is -0.122. The molecule has 0 unspecified atom stereocenters. The lowest BCUT2D eigenvalue weighted by Crippen LogP contribution is -2.30. The fraction of sp³-hybridized carbons (Fsp3) is 0.296. The summed E-state index contributed by atoms with van der Waals surface area (Å²) in [7, 11) is -2.35. The van der Waals surface area contributed by atoms with Gasteiger partial charge in [0.1, 0.15) is 10.1 Å². The third kappa shape index (κ3) is 5.36. The number of rotatable bonds is 7. The highest BCUT2D eigenvalue weighted by Gasteiger charge is 2.35. The Bertz CT molecular complexity index is 1490. The van der Waals surface area contributed by atoms with Crippen molar-refractivity contribution in [2.24, 2.45) is 0 Å². The monoisotopic (exact) mass is 569 g/mol. The predicted octanol–water partition coefficient (Wildman–Crippen LogP) is 5.22. The number of nitrogens with zero attached hydrogens (tertiary/aromatic N) is 3. The van der Waals surface area contributed by atoms with Crippen molar-refractivity contribution < 1.29 is 22.4 Å². The highest BCUT2D eigenvalue weighted by Crippen LogP contribution is 2.37. The highest BCUT2D eigenvalue weighted by atomic mass is 32.2. The van der Waals surface area contributed by atoms with Crippen LogP contribution >= 0.6 is 24.0 Å². The molecule has 0 atom stereocenters. The summed E-state index contributed by atoms with van der Waals surface area (Å²) in [5.74, 6) is 0.715. The second-order valence-corrected chi connectivity index (χ2v) is 12.7. The Labute approximate surface area is 231 Å². The topological polar surface area (TPSA) is 92.9 Å². The number of piperidine rings is 1. The van der Waals surface area contributed by atoms with Gasteiger partial charge in [-0.3, -0.25) is 9.69 Å². The summed E-state index contributed by atoms with van der Waals surface area (Å²) in [5, 5.41) is -0.136. The van der Waals surface area contributed by atoms with Gasteiger partial charge in [0.15, 0.2) is 0 Å². The molecule has 3 aromatic rings. The number of oxazole rings is 1. The van der Waals surface area contributed by atoms with Crippen molar-refractivity contribution in [2.75, 3.05) is 25.1 Å². The first kappa shape index (κ1) is 26.5. The summed E-state index contributed by atoms with van der Waals surface area (Å²) in [6.07, 6.45) is 4.43. The van der Waals surface area contributed by atoms with Crippen LogP contribution in [0.2, 0.25) is 0 Å². The van der Waals surface area contributed by atoms with E-state index in [4.69, 9.17) is 21.4 Å². The molecule has 5 rings (SSSR count). The summed E-state index contributed by atoms with van der Waals surface area (Å²) >= 11 is 6.61. The zero-order valence-corrected chi connectivity index (χ0v) is 23.5. The average molecular weight is 570 g/mol. The molecule has 0 spiro atoms. The van der Waals surface area contributed by atoms with Crippen LogP contribution in [0, 0.1) is 6.92 Å². The highest BCUT2D eigenvalue weighted by molar-refractivity contribution is 8.26. The first-order valence-corrected chi connectivity index (χ1v) is 14.9. The second kappa shape index (κ2) is 10.9. The van der Waals surface area contributed by atoms with Crippen molar-refractivity contribution in [2.45, 2.75) is 42.7 Å². The maximum atomic E-state index is 13.6. The van der Waals surface area contributed by atoms with Crippen LogP contribution in [0.15, 0.2) is 67.8 Å². The minimum Gasteiger partial charge on any atom is -0.497 e. The fourth-order valence-corrected chi connectivity index (χ4v) is 6.89. The van der Waals surface area contributed by atoms with E-state index in [0.29, 0.717) is 28.9 Å². The molecule has 0 aliphatic carbocycles. The number of anilines is 1. The van der Waals surface area contributed by atoms with E-state index >= 15 is 0 Å². The number of ether oxygens (including phenoxy) is 1. The van der Waals surface area contributed by atoms with Crippen LogP contribution in [0.25, 0.3) is 6.08 Å². The molecule has 0 saturated carbocycles. The number of aryl methyl sites for hydroxylation is 1. The Morgan fingerprint density at radius 3 is 2.42 bits per heavy atom. The molecule has 2 fully saturated rings. The number of thioether (sulfide) groups is 1. The molecule has 1 amide bonds. The van der Waals surface area contributed by atoms with Gasteiger partial charge in [-0.1, -0.05) is 53.8 Å². The van der Waals surface area contributed by atoms with Gasteiger partial charge >= 0.3 is 0 Å². The van der Waals surface area contributed by atoms with Crippen molar-refractivity contribution in [3.63, 3.8) is 0 Å². The first-order chi connectivity index (χ1) is 18.3. The normalized spacial score (nSPS) is 17.5. The molecule has 0 N–H and O–H groups in total. The summed E-state index contributed by atoms with van der Waals surface area (Å²) in [5.41, 5.74) is 1.86. The Balaban J connectivity index is 1.46. The number of amides is 1. The molecule has 1 aromatic heterocycles. The van der Waals surface area contributed by atoms with Crippen LogP contribution in [-0.4, -0.2) is 48.7 Å². The Morgan fingerprint density at radius 2 is 1.76 bits per heavy atom. The van der Waals surface area contributed by atoms with Crippen LogP contribution in [0.1, 0.15) is 36.3 Å². The molecule has 0 radical (unpaired) electrons. The van der Waals surface area contributed by atoms with Crippen LogP contribution < -0.4 is 9.64 Å². The van der Waals surface area contributed by atoms with E-state index in [0.717, 1.165) is 47.9 Å². The standard InChI is InChI=1S/C27H27N3O5S3/c1-18-6-12-21(13-7-18)38(32,33)24-26(29-14-4-3-5-15-29)35-23(28-24)16-22-25(31)30(27(36)37-22)17-19-8-10-20(34-2)11-9-19/h6-13,16H,3-5,14-15,17H2,1-2H3. The molecule has 2 aliphatic rings. The van der Waals surface area contributed by atoms with Crippen molar-refractivity contribution in [3.05, 3.63) is 70.5 Å². The summed E-state index contributed by atoms with van der Waals surface area (Å²) in [4.78, 5) is 21.5. The first-order valence-electron chi connectivity index (χ1n) is 12.2. The number of methoxy groups -OCH3 is 1. The quantitative estimate of drug-likeness (QED) is 0.281. The van der Waals surface area contributed by atoms with E-state index in [9.17, 15) is 13.2 Å². The van der Waals surface area contributed by atoms with Crippen LogP contribution in [-0.2, 0) is 21.2 Å². The Kier molecular flexibility index (Phi) is 7.60. The third-order valence-electron chi connectivity index (χ3n) is 6.45. The largest absolute Gasteiger partial charge is 0.497 e. The summed E-state index contributed by atoms with van der Waals surface area (Å²) < 4.78 is 38.8. The molecule has 11 heteroatoms. The number of carbonyl (C=O) groups excluding carboxylic acids is 1. The summed E-state index contributed by atoms with van der Waals surface area (Å²) in [6, 6.07) is 14.1. The van der Waals surface area contributed by atoms with Crippen molar-refractivity contribution >= 4 is 56.0 Å². The molecule has 2 saturated heterocycles. The minimum atomic E-state index is -3.94. The predicted molar refractivity (Wildman–Crippen MR) is 151 cm³/mol. The Hall–Kier alpha value is -3.15. The van der Waals surface area contributed by atoms with E-state index in [1.807, 2.05) is 36.1 Å². The number of hydrogen-bond donors (Lipinski definition) is 0. The van der Waals surface area contributed by atoms with Crippen molar-refractivity contribution in [3.8, 4) is 5.75 Å². The number of thiocarbonyl (C=S) groups is 1. The lowest BCUT2D eigenvalue weighted by atomic mass is 10.1. The molecular weight excluding hydrogens is 543 g/mol. The second-order valence-electron chi connectivity index (χ2n) is 9.14. The number of hydrogen-bond acceptors (Lipinski definition) is 9. The van der Waals surface area contributed by atoms with Gasteiger partial charge in [0, 0.05) is 19.2 Å². The molecule has 2 aliphatic heterocycles. The molecule has 3 heterocycles. The maximum Gasteiger partial charge on any atom is 0.266 e. The van der Waals surface area contributed by atoms with Crippen molar-refractivity contribution in [1.82, 2.24) is 9.88 Å². The molecule has 2 aromatic carbocycles. The van der Waals surface area contributed by atoms with E-state index in [1.54, 1.807) is 31.4 Å². The molecular formula is C27H27N3O5S3. The smallest absolute Gasteiger partial charge is 0.266 e. The molecule has 0 bridgehead atoms. The zero-order chi connectivity index (χ0) is 26.9. The Morgan fingerprint density at radius 1 is 1.08 bits per heavy atom. The number of sulfone groups is 1. The van der Waals surface area contributed by atoms with Gasteiger partial charge < -0.3 is 14.1 Å². The van der Waals surface area contributed by atoms with E-state index in [2.05, 4.69) is 4.98 Å².